The molecule has 2 aromatic carbocycles. The third-order valence-electron chi connectivity index (χ3n) is 4.66. The molecular weight excluding hydrogens is 375 g/mol. The highest BCUT2D eigenvalue weighted by atomic mass is 31.2. The second-order valence-corrected chi connectivity index (χ2v) is 9.56. The lowest BCUT2D eigenvalue weighted by Crippen LogP contribution is -2.29. The van der Waals surface area contributed by atoms with Gasteiger partial charge in [-0.25, -0.2) is 0 Å². The first-order chi connectivity index (χ1) is 13.4. The molecule has 28 heavy (non-hydrogen) atoms. The van der Waals surface area contributed by atoms with E-state index in [1.54, 1.807) is 13.2 Å². The largest absolute Gasteiger partial charge is 0.493 e. The Morgan fingerprint density at radius 3 is 2.39 bits per heavy atom. The normalized spacial score (nSPS) is 21.4. The van der Waals surface area contributed by atoms with Gasteiger partial charge in [-0.2, -0.15) is 0 Å². The Hall–Kier alpha value is -2.33. The third-order valence-corrected chi connectivity index (χ3v) is 6.62. The van der Waals surface area contributed by atoms with Crippen molar-refractivity contribution in [1.82, 2.24) is 0 Å². The molecule has 0 saturated carbocycles. The van der Waals surface area contributed by atoms with Gasteiger partial charge in [0, 0.05) is 11.0 Å². The SMILES string of the molecule is COc1cccc2c1O/C(=C(/c1ccccc1)P1(=O)OCC(C)(C)CO1)C=C2. The van der Waals surface area contributed by atoms with E-state index in [1.165, 1.54) is 0 Å². The zero-order chi connectivity index (χ0) is 19.8. The van der Waals surface area contributed by atoms with Crippen molar-refractivity contribution in [3.63, 3.8) is 0 Å². The number of ether oxygens (including phenoxy) is 2. The first-order valence-electron chi connectivity index (χ1n) is 9.14. The van der Waals surface area contributed by atoms with Gasteiger partial charge < -0.3 is 18.5 Å². The van der Waals surface area contributed by atoms with Gasteiger partial charge in [-0.05, 0) is 23.8 Å². The average molecular weight is 398 g/mol. The lowest BCUT2D eigenvalue weighted by atomic mass is 9.97. The highest BCUT2D eigenvalue weighted by Gasteiger charge is 2.42. The lowest BCUT2D eigenvalue weighted by Gasteiger charge is -2.35. The van der Waals surface area contributed by atoms with Crippen LogP contribution in [0.25, 0.3) is 11.4 Å². The summed E-state index contributed by atoms with van der Waals surface area (Å²) >= 11 is 0. The van der Waals surface area contributed by atoms with E-state index in [4.69, 9.17) is 18.5 Å². The maximum Gasteiger partial charge on any atom is 0.365 e. The molecule has 5 nitrogen and oxygen atoms in total. The van der Waals surface area contributed by atoms with Crippen molar-refractivity contribution >= 4 is 19.0 Å². The van der Waals surface area contributed by atoms with Crippen LogP contribution in [-0.2, 0) is 13.6 Å². The van der Waals surface area contributed by atoms with Crippen molar-refractivity contribution in [3.05, 3.63) is 71.5 Å². The van der Waals surface area contributed by atoms with Crippen LogP contribution in [0.2, 0.25) is 0 Å². The van der Waals surface area contributed by atoms with Crippen LogP contribution in [0.5, 0.6) is 11.5 Å². The van der Waals surface area contributed by atoms with Crippen molar-refractivity contribution in [2.24, 2.45) is 5.41 Å². The number of rotatable bonds is 3. The van der Waals surface area contributed by atoms with Crippen LogP contribution in [-0.4, -0.2) is 20.3 Å². The van der Waals surface area contributed by atoms with E-state index in [0.29, 0.717) is 35.8 Å². The van der Waals surface area contributed by atoms with Crippen LogP contribution in [0.1, 0.15) is 25.0 Å². The minimum absolute atomic E-state index is 0.195. The van der Waals surface area contributed by atoms with Crippen molar-refractivity contribution < 1.29 is 23.1 Å². The zero-order valence-electron chi connectivity index (χ0n) is 16.2. The van der Waals surface area contributed by atoms with Crippen molar-refractivity contribution in [2.75, 3.05) is 20.3 Å². The summed E-state index contributed by atoms with van der Waals surface area (Å²) < 4.78 is 37.0. The summed E-state index contributed by atoms with van der Waals surface area (Å²) in [6.45, 7) is 4.73. The molecule has 2 heterocycles. The number of methoxy groups -OCH3 is 1. The Bertz CT molecular complexity index is 977. The number of para-hydroxylation sites is 1. The van der Waals surface area contributed by atoms with Gasteiger partial charge in [-0.1, -0.05) is 56.3 Å². The fraction of sp³-hybridized carbons (Fsp3) is 0.273. The predicted octanol–water partition coefficient (Wildman–Crippen LogP) is 5.74. The molecule has 0 aromatic heterocycles. The molecule has 0 radical (unpaired) electrons. The molecule has 0 spiro atoms. The molecule has 2 aliphatic rings. The molecule has 2 aromatic rings. The standard InChI is InChI=1S/C22H23O5P/c1-22(2)14-25-28(23,26-15-22)21(17-8-5-4-6-9-17)19-13-12-16-10-7-11-18(24-3)20(16)27-19/h4-13H,14-15H2,1-3H3/b21-19-. The molecule has 4 rings (SSSR count). The second kappa shape index (κ2) is 7.25. The van der Waals surface area contributed by atoms with Gasteiger partial charge >= 0.3 is 7.60 Å². The molecular formula is C22H23O5P. The van der Waals surface area contributed by atoms with E-state index in [1.807, 2.05) is 68.5 Å². The highest BCUT2D eigenvalue weighted by Crippen LogP contribution is 2.65. The van der Waals surface area contributed by atoms with Crippen LogP contribution in [0.4, 0.5) is 0 Å². The number of benzene rings is 2. The number of hydrogen-bond acceptors (Lipinski definition) is 5. The molecule has 0 unspecified atom stereocenters. The monoisotopic (exact) mass is 398 g/mol. The molecule has 146 valence electrons. The fourth-order valence-electron chi connectivity index (χ4n) is 3.13. The minimum Gasteiger partial charge on any atom is -0.493 e. The summed E-state index contributed by atoms with van der Waals surface area (Å²) in [6.07, 6.45) is 3.72. The Kier molecular flexibility index (Phi) is 4.92. The van der Waals surface area contributed by atoms with Gasteiger partial charge in [0.2, 0.25) is 0 Å². The summed E-state index contributed by atoms with van der Waals surface area (Å²) in [7, 11) is -1.97. The van der Waals surface area contributed by atoms with Gasteiger partial charge in [0.25, 0.3) is 0 Å². The molecule has 0 bridgehead atoms. The van der Waals surface area contributed by atoms with Crippen molar-refractivity contribution in [2.45, 2.75) is 13.8 Å². The molecule has 0 atom stereocenters. The molecule has 1 saturated heterocycles. The van der Waals surface area contributed by atoms with Gasteiger partial charge in [0.15, 0.2) is 11.5 Å². The molecule has 0 amide bonds. The lowest BCUT2D eigenvalue weighted by molar-refractivity contribution is 0.0466. The minimum atomic E-state index is -3.57. The van der Waals surface area contributed by atoms with Crippen molar-refractivity contribution in [1.29, 1.82) is 0 Å². The Morgan fingerprint density at radius 1 is 1.00 bits per heavy atom. The van der Waals surface area contributed by atoms with Crippen LogP contribution in [0.3, 0.4) is 0 Å². The summed E-state index contributed by atoms with van der Waals surface area (Å²) in [5.41, 5.74) is 1.43. The average Bonchev–Trinajstić information content (AvgIpc) is 2.71. The number of allylic oxidation sites excluding steroid dienone is 1. The zero-order valence-corrected chi connectivity index (χ0v) is 17.1. The van der Waals surface area contributed by atoms with E-state index in [0.717, 1.165) is 11.1 Å². The van der Waals surface area contributed by atoms with E-state index < -0.39 is 7.60 Å². The van der Waals surface area contributed by atoms with Crippen molar-refractivity contribution in [3.8, 4) is 11.5 Å². The maximum atomic E-state index is 13.7. The van der Waals surface area contributed by atoms with E-state index in [-0.39, 0.29) is 5.41 Å². The number of hydrogen-bond donors (Lipinski definition) is 0. The van der Waals surface area contributed by atoms with Crippen LogP contribution in [0.15, 0.2) is 60.4 Å². The summed E-state index contributed by atoms with van der Waals surface area (Å²) in [5, 5.41) is 0.427. The first-order valence-corrected chi connectivity index (χ1v) is 10.7. The quantitative estimate of drug-likeness (QED) is 0.618. The van der Waals surface area contributed by atoms with Crippen LogP contribution < -0.4 is 9.47 Å². The van der Waals surface area contributed by atoms with Crippen LogP contribution >= 0.6 is 7.60 Å². The molecule has 2 aliphatic heterocycles. The first kappa shape index (κ1) is 19.0. The van der Waals surface area contributed by atoms with E-state index in [2.05, 4.69) is 0 Å². The Morgan fingerprint density at radius 2 is 1.71 bits per heavy atom. The maximum absolute atomic E-state index is 13.7. The predicted molar refractivity (Wildman–Crippen MR) is 109 cm³/mol. The number of fused-ring (bicyclic) bond motifs is 1. The fourth-order valence-corrected chi connectivity index (χ4v) is 5.36. The van der Waals surface area contributed by atoms with E-state index in [9.17, 15) is 4.57 Å². The highest BCUT2D eigenvalue weighted by molar-refractivity contribution is 7.65. The summed E-state index contributed by atoms with van der Waals surface area (Å²) in [4.78, 5) is 0. The van der Waals surface area contributed by atoms with Gasteiger partial charge in [0.1, 0.15) is 11.1 Å². The van der Waals surface area contributed by atoms with E-state index >= 15 is 0 Å². The Labute approximate surface area is 165 Å². The summed E-state index contributed by atoms with van der Waals surface area (Å²) in [6, 6.07) is 15.1. The van der Waals surface area contributed by atoms with Gasteiger partial charge in [-0.15, -0.1) is 0 Å². The van der Waals surface area contributed by atoms with Crippen LogP contribution in [0, 0.1) is 5.41 Å². The smallest absolute Gasteiger partial charge is 0.365 e. The molecule has 0 aliphatic carbocycles. The second-order valence-electron chi connectivity index (χ2n) is 7.60. The molecule has 6 heteroatoms. The van der Waals surface area contributed by atoms with Gasteiger partial charge in [-0.3, -0.25) is 4.57 Å². The van der Waals surface area contributed by atoms with Gasteiger partial charge in [0.05, 0.1) is 20.3 Å². The molecule has 0 N–H and O–H groups in total. The third kappa shape index (κ3) is 3.53. The topological polar surface area (TPSA) is 54.0 Å². The Balaban J connectivity index is 1.84. The molecule has 1 fully saturated rings. The summed E-state index contributed by atoms with van der Waals surface area (Å²) in [5.74, 6) is 1.63.